The molecule has 0 N–H and O–H groups in total. The molecule has 0 aliphatic heterocycles. The number of esters is 1. The van der Waals surface area contributed by atoms with Crippen molar-refractivity contribution in [2.24, 2.45) is 0 Å². The lowest BCUT2D eigenvalue weighted by Crippen LogP contribution is -2.29. The molecule has 3 rings (SSSR count). The van der Waals surface area contributed by atoms with Gasteiger partial charge in [-0.15, -0.1) is 0 Å². The minimum Gasteiger partial charge on any atom is -0.497 e. The van der Waals surface area contributed by atoms with Crippen molar-refractivity contribution in [1.82, 2.24) is 9.97 Å². The molecule has 0 saturated carbocycles. The Balaban J connectivity index is 2.14. The molecule has 1 aromatic carbocycles. The average Bonchev–Trinajstić information content (AvgIpc) is 2.82. The number of rotatable bonds is 7. The molecule has 10 nitrogen and oxygen atoms in total. The van der Waals surface area contributed by atoms with Crippen LogP contribution in [0.25, 0.3) is 11.3 Å². The molecule has 0 amide bonds. The van der Waals surface area contributed by atoms with Crippen molar-refractivity contribution in [3.63, 3.8) is 0 Å². The van der Waals surface area contributed by atoms with E-state index in [0.29, 0.717) is 18.4 Å². The van der Waals surface area contributed by atoms with Crippen LogP contribution in [-0.2, 0) is 14.3 Å². The zero-order valence-electron chi connectivity index (χ0n) is 17.9. The van der Waals surface area contributed by atoms with Crippen LogP contribution in [0.2, 0.25) is 0 Å². The zero-order chi connectivity index (χ0) is 25.2. The second kappa shape index (κ2) is 9.68. The van der Waals surface area contributed by atoms with Crippen LogP contribution in [0.3, 0.4) is 0 Å². The van der Waals surface area contributed by atoms with Crippen LogP contribution in [0.5, 0.6) is 5.75 Å². The van der Waals surface area contributed by atoms with Crippen LogP contribution in [0.1, 0.15) is 22.7 Å². The molecule has 1 unspecified atom stereocenters. The number of hydrogen-bond acceptors (Lipinski definition) is 9. The predicted octanol–water partition coefficient (Wildman–Crippen LogP) is 3.07. The molecular formula is C21H16F3N3O7. The summed E-state index contributed by atoms with van der Waals surface area (Å²) in [5.41, 5.74) is -1.35. The second-order valence-electron chi connectivity index (χ2n) is 6.89. The quantitative estimate of drug-likeness (QED) is 0.193. The number of carbonyl (C=O) groups is 2. The molecule has 0 bridgehead atoms. The van der Waals surface area contributed by atoms with E-state index in [1.165, 1.54) is 14.0 Å². The molecule has 1 atom stereocenters. The number of halogens is 3. The second-order valence-corrected chi connectivity index (χ2v) is 6.89. The van der Waals surface area contributed by atoms with Crippen molar-refractivity contribution in [3.8, 4) is 17.0 Å². The Bertz CT molecular complexity index is 1240. The van der Waals surface area contributed by atoms with Gasteiger partial charge in [0.25, 0.3) is 5.70 Å². The summed E-state index contributed by atoms with van der Waals surface area (Å²) in [6, 6.07) is 1.31. The van der Waals surface area contributed by atoms with Crippen molar-refractivity contribution < 1.29 is 41.9 Å². The standard InChI is InChI=1S/C21H16F3N3O7/c1-9-20(19(26-17(8-28)25-9)10-4-12(22)18(24)13(23)5-10)34-16-6-11(21(29)33-3)14(27(30)31)7-15(16)32-2/h4-5,7-8,16H,6H2,1-3H3. The van der Waals surface area contributed by atoms with Crippen LogP contribution >= 0.6 is 0 Å². The molecule has 1 aliphatic rings. The molecule has 13 heteroatoms. The number of aldehydes is 1. The number of aryl methyl sites for hydroxylation is 1. The van der Waals surface area contributed by atoms with Gasteiger partial charge in [-0.25, -0.2) is 27.9 Å². The molecule has 34 heavy (non-hydrogen) atoms. The van der Waals surface area contributed by atoms with Crippen LogP contribution in [-0.4, -0.2) is 47.5 Å². The number of methoxy groups -OCH3 is 2. The molecule has 0 fully saturated rings. The van der Waals surface area contributed by atoms with Gasteiger partial charge >= 0.3 is 5.97 Å². The number of allylic oxidation sites excluding steroid dienone is 1. The van der Waals surface area contributed by atoms with Gasteiger partial charge in [0, 0.05) is 12.0 Å². The van der Waals surface area contributed by atoms with E-state index in [9.17, 15) is 32.9 Å². The fourth-order valence-corrected chi connectivity index (χ4v) is 3.28. The van der Waals surface area contributed by atoms with Gasteiger partial charge in [-0.3, -0.25) is 14.9 Å². The Morgan fingerprint density at radius 1 is 1.21 bits per heavy atom. The molecular weight excluding hydrogens is 463 g/mol. The number of hydrogen-bond donors (Lipinski definition) is 0. The minimum absolute atomic E-state index is 0.0522. The summed E-state index contributed by atoms with van der Waals surface area (Å²) in [6.45, 7) is 1.41. The van der Waals surface area contributed by atoms with Crippen molar-refractivity contribution in [2.45, 2.75) is 19.4 Å². The SMILES string of the molecule is COC(=O)C1=C([N+](=O)[O-])C=C(OC)C(Oc2c(C)nc(C=O)nc2-c2cc(F)c(F)c(F)c2)C1. The number of ether oxygens (including phenoxy) is 3. The van der Waals surface area contributed by atoms with Crippen molar-refractivity contribution in [1.29, 1.82) is 0 Å². The van der Waals surface area contributed by atoms with Crippen molar-refractivity contribution in [3.05, 3.63) is 74.3 Å². The van der Waals surface area contributed by atoms with E-state index in [2.05, 4.69) is 14.7 Å². The maximum atomic E-state index is 13.9. The molecule has 1 aliphatic carbocycles. The van der Waals surface area contributed by atoms with Gasteiger partial charge in [-0.1, -0.05) is 0 Å². The van der Waals surface area contributed by atoms with E-state index in [0.717, 1.165) is 13.2 Å². The number of nitro groups is 1. The normalized spacial score (nSPS) is 15.5. The maximum absolute atomic E-state index is 13.9. The van der Waals surface area contributed by atoms with Crippen molar-refractivity contribution >= 4 is 12.3 Å². The van der Waals surface area contributed by atoms with Gasteiger partial charge < -0.3 is 14.2 Å². The lowest BCUT2D eigenvalue weighted by atomic mass is 9.98. The molecule has 1 aromatic heterocycles. The number of aromatic nitrogens is 2. The summed E-state index contributed by atoms with van der Waals surface area (Å²) in [7, 11) is 2.26. The summed E-state index contributed by atoms with van der Waals surface area (Å²) in [5, 5.41) is 11.4. The fraction of sp³-hybridized carbons (Fsp3) is 0.238. The highest BCUT2D eigenvalue weighted by atomic mass is 19.2. The van der Waals surface area contributed by atoms with E-state index in [4.69, 9.17) is 9.47 Å². The lowest BCUT2D eigenvalue weighted by molar-refractivity contribution is -0.420. The Kier molecular flexibility index (Phi) is 6.94. The Morgan fingerprint density at radius 2 is 1.85 bits per heavy atom. The van der Waals surface area contributed by atoms with Gasteiger partial charge in [0.15, 0.2) is 41.4 Å². The van der Waals surface area contributed by atoms with Gasteiger partial charge in [0.1, 0.15) is 17.0 Å². The lowest BCUT2D eigenvalue weighted by Gasteiger charge is -2.25. The van der Waals surface area contributed by atoms with E-state index in [1.807, 2.05) is 0 Å². The highest BCUT2D eigenvalue weighted by Crippen LogP contribution is 2.36. The van der Waals surface area contributed by atoms with Crippen molar-refractivity contribution in [2.75, 3.05) is 14.2 Å². The smallest absolute Gasteiger partial charge is 0.340 e. The topological polar surface area (TPSA) is 131 Å². The van der Waals surface area contributed by atoms with Gasteiger partial charge in [0.05, 0.1) is 30.9 Å². The van der Waals surface area contributed by atoms with Gasteiger partial charge in [0.2, 0.25) is 0 Å². The number of carbonyl (C=O) groups excluding carboxylic acids is 2. The average molecular weight is 479 g/mol. The Labute approximate surface area is 189 Å². The maximum Gasteiger partial charge on any atom is 0.340 e. The summed E-state index contributed by atoms with van der Waals surface area (Å²) in [6.07, 6.45) is -0.253. The van der Waals surface area contributed by atoms with E-state index >= 15 is 0 Å². The first-order valence-corrected chi connectivity index (χ1v) is 9.48. The first kappa shape index (κ1) is 24.4. The third-order valence-electron chi connectivity index (χ3n) is 4.83. The summed E-state index contributed by atoms with van der Waals surface area (Å²) >= 11 is 0. The summed E-state index contributed by atoms with van der Waals surface area (Å²) in [5.74, 6) is -6.28. The predicted molar refractivity (Wildman–Crippen MR) is 108 cm³/mol. The van der Waals surface area contributed by atoms with E-state index in [-0.39, 0.29) is 46.3 Å². The number of benzene rings is 1. The highest BCUT2D eigenvalue weighted by Gasteiger charge is 2.36. The van der Waals surface area contributed by atoms with Crippen LogP contribution in [0, 0.1) is 34.5 Å². The highest BCUT2D eigenvalue weighted by molar-refractivity contribution is 5.90. The minimum atomic E-state index is -1.70. The first-order chi connectivity index (χ1) is 16.1. The first-order valence-electron chi connectivity index (χ1n) is 9.48. The van der Waals surface area contributed by atoms with Crippen LogP contribution < -0.4 is 4.74 Å². The number of nitrogens with zero attached hydrogens (tertiary/aromatic N) is 3. The zero-order valence-corrected chi connectivity index (χ0v) is 17.9. The molecule has 0 radical (unpaired) electrons. The van der Waals surface area contributed by atoms with E-state index < -0.39 is 40.1 Å². The molecule has 0 spiro atoms. The third kappa shape index (κ3) is 4.58. The van der Waals surface area contributed by atoms with Crippen LogP contribution in [0.4, 0.5) is 13.2 Å². The monoisotopic (exact) mass is 479 g/mol. The molecule has 1 heterocycles. The molecule has 0 saturated heterocycles. The summed E-state index contributed by atoms with van der Waals surface area (Å²) in [4.78, 5) is 41.9. The van der Waals surface area contributed by atoms with Crippen LogP contribution in [0.15, 0.2) is 35.2 Å². The third-order valence-corrected chi connectivity index (χ3v) is 4.83. The Hall–Kier alpha value is -4.29. The van der Waals surface area contributed by atoms with Gasteiger partial charge in [-0.2, -0.15) is 0 Å². The molecule has 2 aromatic rings. The molecule has 178 valence electrons. The van der Waals surface area contributed by atoms with E-state index in [1.54, 1.807) is 0 Å². The summed E-state index contributed by atoms with van der Waals surface area (Å²) < 4.78 is 57.0. The fourth-order valence-electron chi connectivity index (χ4n) is 3.28. The largest absolute Gasteiger partial charge is 0.497 e. The van der Waals surface area contributed by atoms with Gasteiger partial charge in [-0.05, 0) is 19.1 Å². The Morgan fingerprint density at radius 3 is 2.38 bits per heavy atom.